The molecule has 1 aliphatic rings. The van der Waals surface area contributed by atoms with Crippen LogP contribution < -0.4 is 5.73 Å². The maximum absolute atomic E-state index is 5.77. The molecule has 0 saturated heterocycles. The number of hydrogen-bond acceptors (Lipinski definition) is 5. The van der Waals surface area contributed by atoms with Crippen molar-refractivity contribution in [1.82, 2.24) is 14.9 Å². The highest BCUT2D eigenvalue weighted by molar-refractivity contribution is 5.29. The molecule has 0 bridgehead atoms. The molecule has 100 valence electrons. The van der Waals surface area contributed by atoms with Gasteiger partial charge in [0.15, 0.2) is 0 Å². The van der Waals surface area contributed by atoms with Gasteiger partial charge in [0.05, 0.1) is 19.4 Å². The number of nitrogen functional groups attached to an aromatic ring is 1. The van der Waals surface area contributed by atoms with E-state index >= 15 is 0 Å². The summed E-state index contributed by atoms with van der Waals surface area (Å²) >= 11 is 0. The molecule has 2 aromatic rings. The van der Waals surface area contributed by atoms with Crippen LogP contribution in [0.4, 0.5) is 5.82 Å². The molecule has 1 fully saturated rings. The summed E-state index contributed by atoms with van der Waals surface area (Å²) in [6.45, 7) is 3.46. The molecule has 0 unspecified atom stereocenters. The van der Waals surface area contributed by atoms with E-state index in [0.29, 0.717) is 11.9 Å². The van der Waals surface area contributed by atoms with Crippen LogP contribution >= 0.6 is 0 Å². The Morgan fingerprint density at radius 3 is 2.84 bits per heavy atom. The van der Waals surface area contributed by atoms with Crippen molar-refractivity contribution < 1.29 is 4.42 Å². The van der Waals surface area contributed by atoms with Gasteiger partial charge in [0, 0.05) is 17.8 Å². The molecule has 5 nitrogen and oxygen atoms in total. The first-order valence-corrected chi connectivity index (χ1v) is 6.57. The van der Waals surface area contributed by atoms with Gasteiger partial charge in [-0.25, -0.2) is 9.97 Å². The van der Waals surface area contributed by atoms with Crippen molar-refractivity contribution in [2.24, 2.45) is 0 Å². The summed E-state index contributed by atoms with van der Waals surface area (Å²) in [5.74, 6) is 2.31. The molecule has 2 heterocycles. The smallest absolute Gasteiger partial charge is 0.144 e. The standard InChI is InChI=1S/C14H18N4O/c1-10-7-13(15)17-14(16-10)9-18(11-4-5-11)8-12-3-2-6-19-12/h2-3,6-7,11H,4-5,8-9H2,1H3,(H2,15,16,17). The first-order valence-electron chi connectivity index (χ1n) is 6.57. The van der Waals surface area contributed by atoms with E-state index < -0.39 is 0 Å². The Morgan fingerprint density at radius 1 is 1.37 bits per heavy atom. The molecule has 0 atom stereocenters. The van der Waals surface area contributed by atoms with Crippen molar-refractivity contribution in [3.05, 3.63) is 41.7 Å². The summed E-state index contributed by atoms with van der Waals surface area (Å²) in [7, 11) is 0. The monoisotopic (exact) mass is 258 g/mol. The van der Waals surface area contributed by atoms with Gasteiger partial charge in [-0.05, 0) is 31.9 Å². The quantitative estimate of drug-likeness (QED) is 0.889. The Morgan fingerprint density at radius 2 is 2.21 bits per heavy atom. The second-order valence-electron chi connectivity index (χ2n) is 5.07. The third kappa shape index (κ3) is 3.12. The van der Waals surface area contributed by atoms with Crippen LogP contribution in [0.5, 0.6) is 0 Å². The minimum Gasteiger partial charge on any atom is -0.468 e. The van der Waals surface area contributed by atoms with Crippen LogP contribution in [0.25, 0.3) is 0 Å². The van der Waals surface area contributed by atoms with E-state index in [1.807, 2.05) is 19.1 Å². The zero-order chi connectivity index (χ0) is 13.2. The Balaban J connectivity index is 1.74. The SMILES string of the molecule is Cc1cc(N)nc(CN(Cc2ccco2)C2CC2)n1. The largest absolute Gasteiger partial charge is 0.468 e. The van der Waals surface area contributed by atoms with Crippen LogP contribution in [0.1, 0.15) is 30.1 Å². The minimum absolute atomic E-state index is 0.538. The third-order valence-corrected chi connectivity index (χ3v) is 3.27. The van der Waals surface area contributed by atoms with Crippen LogP contribution in [0.3, 0.4) is 0 Å². The van der Waals surface area contributed by atoms with Crippen molar-refractivity contribution >= 4 is 5.82 Å². The van der Waals surface area contributed by atoms with Crippen LogP contribution in [0.2, 0.25) is 0 Å². The summed E-state index contributed by atoms with van der Waals surface area (Å²) in [5.41, 5.74) is 6.69. The maximum Gasteiger partial charge on any atom is 0.144 e. The molecule has 0 aromatic carbocycles. The summed E-state index contributed by atoms with van der Waals surface area (Å²) < 4.78 is 5.42. The number of nitrogens with two attached hydrogens (primary N) is 1. The van der Waals surface area contributed by atoms with Crippen LogP contribution in [0, 0.1) is 6.92 Å². The fourth-order valence-electron chi connectivity index (χ4n) is 2.27. The second-order valence-corrected chi connectivity index (χ2v) is 5.07. The number of nitrogens with zero attached hydrogens (tertiary/aromatic N) is 3. The lowest BCUT2D eigenvalue weighted by molar-refractivity contribution is 0.220. The fraction of sp³-hybridized carbons (Fsp3) is 0.429. The first-order chi connectivity index (χ1) is 9.20. The van der Waals surface area contributed by atoms with Crippen molar-refractivity contribution in [1.29, 1.82) is 0 Å². The van der Waals surface area contributed by atoms with E-state index in [4.69, 9.17) is 10.2 Å². The molecule has 3 rings (SSSR count). The average molecular weight is 258 g/mol. The molecule has 2 N–H and O–H groups in total. The lowest BCUT2D eigenvalue weighted by Crippen LogP contribution is -2.26. The van der Waals surface area contributed by atoms with Crippen molar-refractivity contribution in [2.75, 3.05) is 5.73 Å². The molecule has 1 aliphatic carbocycles. The number of furan rings is 1. The number of rotatable bonds is 5. The molecule has 5 heteroatoms. The summed E-state index contributed by atoms with van der Waals surface area (Å²) in [5, 5.41) is 0. The van der Waals surface area contributed by atoms with E-state index in [9.17, 15) is 0 Å². The molecule has 1 saturated carbocycles. The summed E-state index contributed by atoms with van der Waals surface area (Å²) in [4.78, 5) is 11.1. The molecular weight excluding hydrogens is 240 g/mol. The highest BCUT2D eigenvalue weighted by Gasteiger charge is 2.30. The highest BCUT2D eigenvalue weighted by atomic mass is 16.3. The molecule has 2 aromatic heterocycles. The van der Waals surface area contributed by atoms with E-state index in [-0.39, 0.29) is 0 Å². The zero-order valence-electron chi connectivity index (χ0n) is 11.0. The topological polar surface area (TPSA) is 68.2 Å². The van der Waals surface area contributed by atoms with Crippen LogP contribution in [0.15, 0.2) is 28.9 Å². The lowest BCUT2D eigenvalue weighted by Gasteiger charge is -2.20. The molecule has 19 heavy (non-hydrogen) atoms. The predicted octanol–water partition coefficient (Wildman–Crippen LogP) is 2.12. The van der Waals surface area contributed by atoms with E-state index in [1.54, 1.807) is 12.3 Å². The molecule has 0 spiro atoms. The third-order valence-electron chi connectivity index (χ3n) is 3.27. The van der Waals surface area contributed by atoms with Gasteiger partial charge < -0.3 is 10.2 Å². The number of aryl methyl sites for hydroxylation is 1. The van der Waals surface area contributed by atoms with Gasteiger partial charge >= 0.3 is 0 Å². The fourth-order valence-corrected chi connectivity index (χ4v) is 2.27. The molecule has 0 amide bonds. The molecule has 0 aliphatic heterocycles. The number of aromatic nitrogens is 2. The Bertz CT molecular complexity index is 528. The normalized spacial score (nSPS) is 15.1. The van der Waals surface area contributed by atoms with Gasteiger partial charge in [0.2, 0.25) is 0 Å². The Labute approximate surface area is 112 Å². The van der Waals surface area contributed by atoms with Crippen LogP contribution in [-0.4, -0.2) is 20.9 Å². The molecular formula is C14H18N4O. The average Bonchev–Trinajstić information content (AvgIpc) is 3.06. The number of hydrogen-bond donors (Lipinski definition) is 1. The maximum atomic E-state index is 5.77. The van der Waals surface area contributed by atoms with E-state index in [0.717, 1.165) is 30.4 Å². The van der Waals surface area contributed by atoms with Crippen LogP contribution in [-0.2, 0) is 13.1 Å². The van der Waals surface area contributed by atoms with Crippen molar-refractivity contribution in [2.45, 2.75) is 38.9 Å². The summed E-state index contributed by atoms with van der Waals surface area (Å²) in [6.07, 6.45) is 4.19. The van der Waals surface area contributed by atoms with Gasteiger partial charge in [-0.2, -0.15) is 0 Å². The zero-order valence-corrected chi connectivity index (χ0v) is 11.0. The van der Waals surface area contributed by atoms with Gasteiger partial charge in [-0.1, -0.05) is 0 Å². The van der Waals surface area contributed by atoms with E-state index in [1.165, 1.54) is 12.8 Å². The van der Waals surface area contributed by atoms with Crippen molar-refractivity contribution in [3.63, 3.8) is 0 Å². The molecule has 0 radical (unpaired) electrons. The minimum atomic E-state index is 0.538. The summed E-state index contributed by atoms with van der Waals surface area (Å²) in [6, 6.07) is 6.33. The Kier molecular flexibility index (Phi) is 3.21. The highest BCUT2D eigenvalue weighted by Crippen LogP contribution is 2.29. The van der Waals surface area contributed by atoms with Gasteiger partial charge in [-0.15, -0.1) is 0 Å². The number of anilines is 1. The lowest BCUT2D eigenvalue weighted by atomic mass is 10.3. The first kappa shape index (κ1) is 12.2. The van der Waals surface area contributed by atoms with E-state index in [2.05, 4.69) is 14.9 Å². The predicted molar refractivity (Wildman–Crippen MR) is 72.2 cm³/mol. The second kappa shape index (κ2) is 5.01. The Hall–Kier alpha value is -1.88. The van der Waals surface area contributed by atoms with Gasteiger partial charge in [0.1, 0.15) is 17.4 Å². The van der Waals surface area contributed by atoms with Gasteiger partial charge in [0.25, 0.3) is 0 Å². The van der Waals surface area contributed by atoms with Gasteiger partial charge in [-0.3, -0.25) is 4.90 Å². The van der Waals surface area contributed by atoms with Crippen molar-refractivity contribution in [3.8, 4) is 0 Å².